The summed E-state index contributed by atoms with van der Waals surface area (Å²) in [4.78, 5) is 11.0. The highest BCUT2D eigenvalue weighted by molar-refractivity contribution is 5.87. The predicted octanol–water partition coefficient (Wildman–Crippen LogP) is -0.151. The van der Waals surface area contributed by atoms with Gasteiger partial charge in [-0.2, -0.15) is 0 Å². The molecule has 0 fully saturated rings. The van der Waals surface area contributed by atoms with E-state index < -0.39 is 12.1 Å². The Kier molecular flexibility index (Phi) is 5.32. The minimum Gasteiger partial charge on any atom is -0.454 e. The van der Waals surface area contributed by atoms with Crippen molar-refractivity contribution in [3.05, 3.63) is 11.6 Å². The molecule has 0 heterocycles. The summed E-state index contributed by atoms with van der Waals surface area (Å²) in [5.74, 6) is -0.509. The summed E-state index contributed by atoms with van der Waals surface area (Å²) in [6.07, 6.45) is 0.793. The fourth-order valence-corrected chi connectivity index (χ4v) is 0.494. The molecule has 0 saturated heterocycles. The summed E-state index contributed by atoms with van der Waals surface area (Å²) in [5.41, 5.74) is 0.460. The molecule has 0 unspecified atom stereocenters. The fourth-order valence-electron chi connectivity index (χ4n) is 0.494. The maximum absolute atomic E-state index is 11.0. The number of aliphatic hydroxyl groups excluding tert-OH is 2. The molecule has 0 aromatic rings. The van der Waals surface area contributed by atoms with Crippen molar-refractivity contribution < 1.29 is 19.7 Å². The monoisotopic (exact) mass is 174 g/mol. The van der Waals surface area contributed by atoms with Gasteiger partial charge in [-0.25, -0.2) is 4.79 Å². The van der Waals surface area contributed by atoms with Crippen molar-refractivity contribution >= 4 is 5.97 Å². The molecule has 0 aromatic carbocycles. The molecule has 0 atom stereocenters. The van der Waals surface area contributed by atoms with Gasteiger partial charge in [0.15, 0.2) is 0 Å². The number of aliphatic hydroxyl groups is 2. The van der Waals surface area contributed by atoms with Gasteiger partial charge < -0.3 is 14.9 Å². The Morgan fingerprint density at radius 3 is 2.33 bits per heavy atom. The average Bonchev–Trinajstić information content (AvgIpc) is 2.12. The molecule has 12 heavy (non-hydrogen) atoms. The number of hydrogen-bond donors (Lipinski definition) is 2. The number of ether oxygens (including phenoxy) is 1. The first-order chi connectivity index (χ1) is 5.65. The van der Waals surface area contributed by atoms with E-state index in [0.717, 1.165) is 0 Å². The molecule has 0 rings (SSSR count). The quantitative estimate of drug-likeness (QED) is 0.459. The Bertz CT molecular complexity index is 170. The van der Waals surface area contributed by atoms with Crippen LogP contribution in [0.5, 0.6) is 0 Å². The summed E-state index contributed by atoms with van der Waals surface area (Å²) in [5, 5.41) is 17.1. The molecule has 0 bridgehead atoms. The van der Waals surface area contributed by atoms with Gasteiger partial charge in [-0.15, -0.1) is 0 Å². The molecule has 0 aliphatic carbocycles. The van der Waals surface area contributed by atoms with Crippen LogP contribution in [0.15, 0.2) is 11.6 Å². The van der Waals surface area contributed by atoms with Crippen LogP contribution in [0.2, 0.25) is 0 Å². The van der Waals surface area contributed by atoms with Crippen LogP contribution in [0.4, 0.5) is 0 Å². The molecular formula is C8H14O4. The van der Waals surface area contributed by atoms with Gasteiger partial charge in [0.1, 0.15) is 6.10 Å². The molecule has 0 aliphatic rings. The lowest BCUT2D eigenvalue weighted by Crippen LogP contribution is -2.25. The summed E-state index contributed by atoms with van der Waals surface area (Å²) < 4.78 is 4.69. The molecule has 0 radical (unpaired) electrons. The predicted molar refractivity (Wildman–Crippen MR) is 43.5 cm³/mol. The second-order valence-corrected chi connectivity index (χ2v) is 2.36. The molecule has 0 aliphatic heterocycles. The fraction of sp³-hybridized carbons (Fsp3) is 0.625. The lowest BCUT2D eigenvalue weighted by atomic mass is 10.3. The normalized spacial score (nSPS) is 11.9. The third-order valence-corrected chi connectivity index (χ3v) is 1.44. The van der Waals surface area contributed by atoms with Gasteiger partial charge in [-0.3, -0.25) is 0 Å². The number of esters is 1. The second kappa shape index (κ2) is 5.74. The van der Waals surface area contributed by atoms with Crippen molar-refractivity contribution in [1.82, 2.24) is 0 Å². The zero-order valence-corrected chi connectivity index (χ0v) is 7.28. The SMILES string of the molecule is C/C=C(\C)C(=O)OC(CO)CO. The minimum atomic E-state index is -0.813. The van der Waals surface area contributed by atoms with Crippen LogP contribution < -0.4 is 0 Å². The maximum Gasteiger partial charge on any atom is 0.333 e. The zero-order valence-electron chi connectivity index (χ0n) is 7.28. The second-order valence-electron chi connectivity index (χ2n) is 2.36. The first kappa shape index (κ1) is 11.1. The van der Waals surface area contributed by atoms with Crippen molar-refractivity contribution in [1.29, 1.82) is 0 Å². The zero-order chi connectivity index (χ0) is 9.56. The van der Waals surface area contributed by atoms with E-state index in [9.17, 15) is 4.79 Å². The van der Waals surface area contributed by atoms with Gasteiger partial charge in [0.2, 0.25) is 0 Å². The van der Waals surface area contributed by atoms with E-state index in [1.54, 1.807) is 19.9 Å². The Hall–Kier alpha value is -0.870. The van der Waals surface area contributed by atoms with E-state index in [1.807, 2.05) is 0 Å². The van der Waals surface area contributed by atoms with Gasteiger partial charge in [0.05, 0.1) is 13.2 Å². The molecule has 2 N–H and O–H groups in total. The molecule has 0 saturated carbocycles. The highest BCUT2D eigenvalue weighted by atomic mass is 16.6. The van der Waals surface area contributed by atoms with Crippen LogP contribution in [0.1, 0.15) is 13.8 Å². The third-order valence-electron chi connectivity index (χ3n) is 1.44. The maximum atomic E-state index is 11.0. The van der Waals surface area contributed by atoms with Gasteiger partial charge >= 0.3 is 5.97 Å². The molecule has 4 nitrogen and oxygen atoms in total. The van der Waals surface area contributed by atoms with Crippen LogP contribution >= 0.6 is 0 Å². The number of hydrogen-bond acceptors (Lipinski definition) is 4. The highest BCUT2D eigenvalue weighted by Gasteiger charge is 2.12. The average molecular weight is 174 g/mol. The third kappa shape index (κ3) is 3.50. The van der Waals surface area contributed by atoms with E-state index in [2.05, 4.69) is 0 Å². The number of rotatable bonds is 4. The first-order valence-corrected chi connectivity index (χ1v) is 3.71. The van der Waals surface area contributed by atoms with E-state index in [4.69, 9.17) is 14.9 Å². The molecule has 0 spiro atoms. The van der Waals surface area contributed by atoms with Crippen LogP contribution in [0.3, 0.4) is 0 Å². The molecule has 0 amide bonds. The van der Waals surface area contributed by atoms with Crippen molar-refractivity contribution in [2.24, 2.45) is 0 Å². The van der Waals surface area contributed by atoms with Crippen LogP contribution in [-0.2, 0) is 9.53 Å². The van der Waals surface area contributed by atoms with Crippen molar-refractivity contribution in [3.63, 3.8) is 0 Å². The van der Waals surface area contributed by atoms with Crippen molar-refractivity contribution in [3.8, 4) is 0 Å². The first-order valence-electron chi connectivity index (χ1n) is 3.71. The Morgan fingerprint density at radius 2 is 2.00 bits per heavy atom. The Balaban J connectivity index is 3.98. The van der Waals surface area contributed by atoms with E-state index in [0.29, 0.717) is 5.57 Å². The molecule has 0 aromatic heterocycles. The molecular weight excluding hydrogens is 160 g/mol. The number of allylic oxidation sites excluding steroid dienone is 1. The summed E-state index contributed by atoms with van der Waals surface area (Å²) in [6, 6.07) is 0. The molecule has 4 heteroatoms. The Morgan fingerprint density at radius 1 is 1.50 bits per heavy atom. The largest absolute Gasteiger partial charge is 0.454 e. The van der Waals surface area contributed by atoms with Crippen molar-refractivity contribution in [2.75, 3.05) is 13.2 Å². The van der Waals surface area contributed by atoms with E-state index >= 15 is 0 Å². The highest BCUT2D eigenvalue weighted by Crippen LogP contribution is 1.99. The minimum absolute atomic E-state index is 0.362. The van der Waals surface area contributed by atoms with Crippen LogP contribution in [0, 0.1) is 0 Å². The van der Waals surface area contributed by atoms with E-state index in [-0.39, 0.29) is 13.2 Å². The molecule has 70 valence electrons. The van der Waals surface area contributed by atoms with E-state index in [1.165, 1.54) is 0 Å². The number of carbonyl (C=O) groups is 1. The van der Waals surface area contributed by atoms with Crippen LogP contribution in [-0.4, -0.2) is 35.5 Å². The van der Waals surface area contributed by atoms with Crippen molar-refractivity contribution in [2.45, 2.75) is 20.0 Å². The standard InChI is InChI=1S/C8H14O4/c1-3-6(2)8(11)12-7(4-9)5-10/h3,7,9-10H,4-5H2,1-2H3/b6-3+. The van der Waals surface area contributed by atoms with Gasteiger partial charge in [-0.1, -0.05) is 6.08 Å². The number of carbonyl (C=O) groups excluding carboxylic acids is 1. The summed E-state index contributed by atoms with van der Waals surface area (Å²) in [6.45, 7) is 2.59. The lowest BCUT2D eigenvalue weighted by molar-refractivity contribution is -0.148. The Labute approximate surface area is 71.5 Å². The smallest absolute Gasteiger partial charge is 0.333 e. The van der Waals surface area contributed by atoms with Crippen LogP contribution in [0.25, 0.3) is 0 Å². The lowest BCUT2D eigenvalue weighted by Gasteiger charge is -2.12. The summed E-state index contributed by atoms with van der Waals surface area (Å²) in [7, 11) is 0. The summed E-state index contributed by atoms with van der Waals surface area (Å²) >= 11 is 0. The topological polar surface area (TPSA) is 66.8 Å². The van der Waals surface area contributed by atoms with Gasteiger partial charge in [-0.05, 0) is 13.8 Å². The van der Waals surface area contributed by atoms with Gasteiger partial charge in [0, 0.05) is 5.57 Å². The van der Waals surface area contributed by atoms with Gasteiger partial charge in [0.25, 0.3) is 0 Å².